The van der Waals surface area contributed by atoms with Crippen LogP contribution >= 0.6 is 11.8 Å². The summed E-state index contributed by atoms with van der Waals surface area (Å²) in [6.45, 7) is 3.96. The van der Waals surface area contributed by atoms with E-state index in [9.17, 15) is 4.79 Å². The molecule has 4 rings (SSSR count). The van der Waals surface area contributed by atoms with E-state index < -0.39 is 0 Å². The number of aromatic nitrogens is 5. The Morgan fingerprint density at radius 1 is 1.24 bits per heavy atom. The molecule has 25 heavy (non-hydrogen) atoms. The van der Waals surface area contributed by atoms with Crippen molar-refractivity contribution in [1.82, 2.24) is 24.5 Å². The number of rotatable bonds is 2. The minimum Gasteiger partial charge on any atom is -0.310 e. The van der Waals surface area contributed by atoms with E-state index in [1.807, 2.05) is 50.0 Å². The van der Waals surface area contributed by atoms with E-state index in [4.69, 9.17) is 0 Å². The van der Waals surface area contributed by atoms with Gasteiger partial charge in [0.2, 0.25) is 5.91 Å². The molecule has 1 aliphatic rings. The maximum atomic E-state index is 12.3. The van der Waals surface area contributed by atoms with Gasteiger partial charge in [-0.1, -0.05) is 6.07 Å². The highest BCUT2D eigenvalue weighted by atomic mass is 32.2. The SMILES string of the molecule is Cc1nn(C)cc1[C@H]1SCC(=O)Nc2c1c(C)nn2-c1ccccn1. The van der Waals surface area contributed by atoms with E-state index in [2.05, 4.69) is 20.5 Å². The van der Waals surface area contributed by atoms with E-state index in [0.29, 0.717) is 17.4 Å². The van der Waals surface area contributed by atoms with Crippen molar-refractivity contribution >= 4 is 23.5 Å². The molecule has 0 saturated carbocycles. The van der Waals surface area contributed by atoms with E-state index in [1.165, 1.54) is 0 Å². The van der Waals surface area contributed by atoms with Gasteiger partial charge in [-0.25, -0.2) is 4.98 Å². The van der Waals surface area contributed by atoms with Crippen molar-refractivity contribution in [2.45, 2.75) is 19.1 Å². The molecule has 4 heterocycles. The quantitative estimate of drug-likeness (QED) is 0.765. The summed E-state index contributed by atoms with van der Waals surface area (Å²) in [4.78, 5) is 16.7. The summed E-state index contributed by atoms with van der Waals surface area (Å²) in [6, 6.07) is 5.64. The second-order valence-electron chi connectivity index (χ2n) is 6.03. The second kappa shape index (κ2) is 6.03. The van der Waals surface area contributed by atoms with Crippen molar-refractivity contribution in [3.8, 4) is 5.82 Å². The van der Waals surface area contributed by atoms with Gasteiger partial charge >= 0.3 is 0 Å². The Labute approximate surface area is 149 Å². The Morgan fingerprint density at radius 3 is 2.76 bits per heavy atom. The monoisotopic (exact) mass is 354 g/mol. The minimum atomic E-state index is -0.0348. The zero-order valence-electron chi connectivity index (χ0n) is 14.2. The first-order chi connectivity index (χ1) is 12.0. The molecule has 0 spiro atoms. The number of anilines is 1. The molecule has 0 fully saturated rings. The lowest BCUT2D eigenvalue weighted by atomic mass is 10.1. The van der Waals surface area contributed by atoms with Gasteiger partial charge in [0.1, 0.15) is 5.82 Å². The predicted molar refractivity (Wildman–Crippen MR) is 97.0 cm³/mol. The van der Waals surface area contributed by atoms with Crippen LogP contribution in [-0.4, -0.2) is 36.2 Å². The normalized spacial score (nSPS) is 17.1. The third-order valence-electron chi connectivity index (χ3n) is 4.21. The molecule has 1 N–H and O–H groups in total. The van der Waals surface area contributed by atoms with Gasteiger partial charge in [0.15, 0.2) is 5.82 Å². The molecule has 0 aliphatic carbocycles. The van der Waals surface area contributed by atoms with Crippen molar-refractivity contribution in [2.24, 2.45) is 7.05 Å². The van der Waals surface area contributed by atoms with E-state index >= 15 is 0 Å². The average molecular weight is 354 g/mol. The molecule has 1 aliphatic heterocycles. The number of aryl methyl sites for hydroxylation is 3. The van der Waals surface area contributed by atoms with Crippen LogP contribution in [0.2, 0.25) is 0 Å². The Balaban J connectivity index is 1.92. The zero-order valence-corrected chi connectivity index (χ0v) is 15.0. The van der Waals surface area contributed by atoms with Gasteiger partial charge in [-0.3, -0.25) is 9.48 Å². The number of carbonyl (C=O) groups excluding carboxylic acids is 1. The van der Waals surface area contributed by atoms with Gasteiger partial charge in [0, 0.05) is 30.6 Å². The molecule has 3 aromatic heterocycles. The molecular weight excluding hydrogens is 336 g/mol. The van der Waals surface area contributed by atoms with Crippen LogP contribution < -0.4 is 5.32 Å². The fourth-order valence-corrected chi connectivity index (χ4v) is 4.40. The van der Waals surface area contributed by atoms with Crippen LogP contribution in [0.4, 0.5) is 5.82 Å². The zero-order chi connectivity index (χ0) is 17.6. The van der Waals surface area contributed by atoms with Gasteiger partial charge in [-0.2, -0.15) is 14.9 Å². The number of thioether (sulfide) groups is 1. The Kier molecular flexibility index (Phi) is 3.84. The van der Waals surface area contributed by atoms with Crippen molar-refractivity contribution in [3.63, 3.8) is 0 Å². The minimum absolute atomic E-state index is 0.000104. The number of amides is 1. The highest BCUT2D eigenvalue weighted by Gasteiger charge is 2.32. The van der Waals surface area contributed by atoms with Gasteiger partial charge in [-0.15, -0.1) is 11.8 Å². The third-order valence-corrected chi connectivity index (χ3v) is 5.46. The summed E-state index contributed by atoms with van der Waals surface area (Å²) in [7, 11) is 1.91. The Morgan fingerprint density at radius 2 is 2.08 bits per heavy atom. The maximum Gasteiger partial charge on any atom is 0.235 e. The first-order valence-electron chi connectivity index (χ1n) is 7.97. The molecule has 0 saturated heterocycles. The highest BCUT2D eigenvalue weighted by Crippen LogP contribution is 2.44. The molecule has 3 aromatic rings. The van der Waals surface area contributed by atoms with Gasteiger partial charge in [0.05, 0.1) is 22.4 Å². The lowest BCUT2D eigenvalue weighted by Crippen LogP contribution is -2.16. The molecule has 1 atom stereocenters. The fraction of sp³-hybridized carbons (Fsp3) is 0.294. The van der Waals surface area contributed by atoms with E-state index in [-0.39, 0.29) is 11.2 Å². The van der Waals surface area contributed by atoms with E-state index in [0.717, 1.165) is 22.5 Å². The van der Waals surface area contributed by atoms with Gasteiger partial charge < -0.3 is 5.32 Å². The smallest absolute Gasteiger partial charge is 0.235 e. The predicted octanol–water partition coefficient (Wildman–Crippen LogP) is 2.39. The molecule has 7 nitrogen and oxygen atoms in total. The number of nitrogens with zero attached hydrogens (tertiary/aromatic N) is 5. The molecule has 1 amide bonds. The standard InChI is InChI=1S/C17H18N6OS/c1-10-12(8-22(3)20-10)16-15-11(2)21-23(13-6-4-5-7-18-13)17(15)19-14(24)9-25-16/h4-8,16H,9H2,1-3H3,(H,19,24)/t16-/m1/s1. The topological polar surface area (TPSA) is 77.6 Å². The summed E-state index contributed by atoms with van der Waals surface area (Å²) < 4.78 is 3.52. The van der Waals surface area contributed by atoms with Crippen LogP contribution in [0.15, 0.2) is 30.6 Å². The van der Waals surface area contributed by atoms with Gasteiger partial charge in [-0.05, 0) is 26.0 Å². The number of hydrogen-bond acceptors (Lipinski definition) is 5. The van der Waals surface area contributed by atoms with Crippen LogP contribution in [0, 0.1) is 13.8 Å². The first-order valence-corrected chi connectivity index (χ1v) is 9.02. The van der Waals surface area contributed by atoms with E-state index in [1.54, 1.807) is 22.6 Å². The van der Waals surface area contributed by atoms with Crippen molar-refractivity contribution < 1.29 is 4.79 Å². The number of fused-ring (bicyclic) bond motifs is 1. The molecule has 0 aromatic carbocycles. The molecule has 8 heteroatoms. The Hall–Kier alpha value is -2.61. The first kappa shape index (κ1) is 15.9. The molecular formula is C17H18N6OS. The van der Waals surface area contributed by atoms with Crippen molar-refractivity contribution in [1.29, 1.82) is 0 Å². The molecule has 0 radical (unpaired) electrons. The summed E-state index contributed by atoms with van der Waals surface area (Å²) in [6.07, 6.45) is 3.74. The number of carbonyl (C=O) groups is 1. The van der Waals surface area contributed by atoms with Crippen LogP contribution in [0.1, 0.15) is 27.8 Å². The summed E-state index contributed by atoms with van der Waals surface area (Å²) in [5, 5.41) is 12.1. The van der Waals surface area contributed by atoms with Crippen LogP contribution in [-0.2, 0) is 11.8 Å². The van der Waals surface area contributed by atoms with Crippen molar-refractivity contribution in [3.05, 3.63) is 53.1 Å². The summed E-state index contributed by atoms with van der Waals surface area (Å²) >= 11 is 1.60. The molecule has 0 unspecified atom stereocenters. The second-order valence-corrected chi connectivity index (χ2v) is 7.12. The number of hydrogen-bond donors (Lipinski definition) is 1. The van der Waals surface area contributed by atoms with Gasteiger partial charge in [0.25, 0.3) is 0 Å². The fourth-order valence-electron chi connectivity index (χ4n) is 3.15. The lowest BCUT2D eigenvalue weighted by molar-refractivity contribution is -0.113. The van der Waals surface area contributed by atoms with Crippen LogP contribution in [0.5, 0.6) is 0 Å². The molecule has 128 valence electrons. The van der Waals surface area contributed by atoms with Crippen molar-refractivity contribution in [2.75, 3.05) is 11.1 Å². The average Bonchev–Trinajstić information content (AvgIpc) is 3.02. The highest BCUT2D eigenvalue weighted by molar-refractivity contribution is 8.00. The maximum absolute atomic E-state index is 12.3. The number of nitrogens with one attached hydrogen (secondary N) is 1. The summed E-state index contributed by atoms with van der Waals surface area (Å²) in [5.41, 5.74) is 3.96. The molecule has 0 bridgehead atoms. The number of pyridine rings is 1. The lowest BCUT2D eigenvalue weighted by Gasteiger charge is -2.14. The summed E-state index contributed by atoms with van der Waals surface area (Å²) in [5.74, 6) is 1.72. The Bertz CT molecular complexity index is 946. The largest absolute Gasteiger partial charge is 0.310 e. The van der Waals surface area contributed by atoms with Crippen LogP contribution in [0.3, 0.4) is 0 Å². The van der Waals surface area contributed by atoms with Crippen LogP contribution in [0.25, 0.3) is 5.82 Å². The third kappa shape index (κ3) is 2.72.